The summed E-state index contributed by atoms with van der Waals surface area (Å²) >= 11 is 13.0. The van der Waals surface area contributed by atoms with Gasteiger partial charge in [0.1, 0.15) is 20.7 Å². The van der Waals surface area contributed by atoms with Crippen LogP contribution in [0, 0.1) is 0 Å². The summed E-state index contributed by atoms with van der Waals surface area (Å²) < 4.78 is 1.86. The highest BCUT2D eigenvalue weighted by atomic mass is 35.5. The van der Waals surface area contributed by atoms with Crippen LogP contribution in [0.4, 0.5) is 0 Å². The topological polar surface area (TPSA) is 30.7 Å². The molecule has 3 aromatic rings. The first-order chi connectivity index (χ1) is 10.6. The summed E-state index contributed by atoms with van der Waals surface area (Å²) in [4.78, 5) is 4.05. The van der Waals surface area contributed by atoms with Gasteiger partial charge in [-0.3, -0.25) is 4.68 Å². The predicted molar refractivity (Wildman–Crippen MR) is 93.8 cm³/mol. The average Bonchev–Trinajstić information content (AvgIpc) is 3.00. The van der Waals surface area contributed by atoms with Crippen molar-refractivity contribution in [3.8, 4) is 0 Å². The molecule has 6 heteroatoms. The fraction of sp³-hybridized carbons (Fsp3) is 0.125. The van der Waals surface area contributed by atoms with Crippen LogP contribution in [0.15, 0.2) is 61.2 Å². The molecule has 0 N–H and O–H groups in total. The number of hydrogen-bond acceptors (Lipinski definition) is 2. The van der Waals surface area contributed by atoms with E-state index >= 15 is 0 Å². The number of rotatable bonds is 4. The van der Waals surface area contributed by atoms with Gasteiger partial charge < -0.3 is 0 Å². The minimum atomic E-state index is -2.20. The molecule has 2 aromatic carbocycles. The lowest BCUT2D eigenvalue weighted by Gasteiger charge is -2.30. The van der Waals surface area contributed by atoms with Gasteiger partial charge in [0.05, 0.1) is 0 Å². The fourth-order valence-corrected chi connectivity index (χ4v) is 7.89. The first-order valence-electron chi connectivity index (χ1n) is 6.94. The monoisotopic (exact) mass is 347 g/mol. The van der Waals surface area contributed by atoms with Crippen LogP contribution >= 0.6 is 23.2 Å². The Bertz CT molecular complexity index is 729. The average molecular weight is 348 g/mol. The molecule has 3 nitrogen and oxygen atoms in total. The smallest absolute Gasteiger partial charge is 0.141 e. The Morgan fingerprint density at radius 2 is 1.50 bits per heavy atom. The third-order valence-corrected chi connectivity index (χ3v) is 9.06. The van der Waals surface area contributed by atoms with Crippen LogP contribution < -0.4 is 10.4 Å². The van der Waals surface area contributed by atoms with Crippen molar-refractivity contribution in [1.29, 1.82) is 0 Å². The molecule has 0 saturated heterocycles. The Morgan fingerprint density at radius 1 is 0.955 bits per heavy atom. The summed E-state index contributed by atoms with van der Waals surface area (Å²) in [6.07, 6.45) is 4.02. The number of aromatic nitrogens is 3. The van der Waals surface area contributed by atoms with Gasteiger partial charge in [-0.25, -0.2) is 4.98 Å². The van der Waals surface area contributed by atoms with Crippen LogP contribution in [0.1, 0.15) is 0 Å². The maximum absolute atomic E-state index is 6.50. The van der Waals surface area contributed by atoms with Crippen LogP contribution in [0.2, 0.25) is 16.6 Å². The number of benzene rings is 2. The van der Waals surface area contributed by atoms with Gasteiger partial charge >= 0.3 is 0 Å². The van der Waals surface area contributed by atoms with Crippen molar-refractivity contribution in [3.63, 3.8) is 0 Å². The van der Waals surface area contributed by atoms with E-state index in [1.165, 1.54) is 0 Å². The highest BCUT2D eigenvalue weighted by Crippen LogP contribution is 2.18. The van der Waals surface area contributed by atoms with Crippen molar-refractivity contribution in [3.05, 3.63) is 71.2 Å². The molecule has 112 valence electrons. The Balaban J connectivity index is 2.18. The highest BCUT2D eigenvalue weighted by Gasteiger charge is 2.36. The van der Waals surface area contributed by atoms with Gasteiger partial charge in [-0.2, -0.15) is 5.10 Å². The van der Waals surface area contributed by atoms with Gasteiger partial charge in [0, 0.05) is 16.2 Å². The van der Waals surface area contributed by atoms with Gasteiger partial charge in [0.15, 0.2) is 0 Å². The lowest BCUT2D eigenvalue weighted by atomic mass is 10.4. The summed E-state index contributed by atoms with van der Waals surface area (Å²) in [7, 11) is -2.20. The minimum Gasteiger partial charge on any atom is -0.255 e. The summed E-state index contributed by atoms with van der Waals surface area (Å²) in [5.74, 6) is 0. The zero-order chi connectivity index (χ0) is 15.6. The third-order valence-electron chi connectivity index (χ3n) is 3.88. The van der Waals surface area contributed by atoms with Crippen LogP contribution in [0.5, 0.6) is 0 Å². The Labute approximate surface area is 140 Å². The molecule has 1 aromatic heterocycles. The van der Waals surface area contributed by atoms with Crippen molar-refractivity contribution in [2.24, 2.45) is 0 Å². The zero-order valence-corrected chi connectivity index (χ0v) is 14.6. The normalized spacial score (nSPS) is 11.6. The van der Waals surface area contributed by atoms with Gasteiger partial charge in [0.2, 0.25) is 0 Å². The number of hydrogen-bond donors (Lipinski definition) is 0. The Kier molecular flexibility index (Phi) is 4.34. The van der Waals surface area contributed by atoms with Gasteiger partial charge in [-0.1, -0.05) is 66.1 Å². The summed E-state index contributed by atoms with van der Waals surface area (Å²) in [6.45, 7) is 2.26. The quantitative estimate of drug-likeness (QED) is 0.679. The van der Waals surface area contributed by atoms with Gasteiger partial charge in [0.25, 0.3) is 0 Å². The van der Waals surface area contributed by atoms with Crippen molar-refractivity contribution in [2.75, 3.05) is 0 Å². The lowest BCUT2D eigenvalue weighted by molar-refractivity contribution is 0.727. The minimum absolute atomic E-state index is 0.737. The lowest BCUT2D eigenvalue weighted by Crippen LogP contribution is -2.59. The van der Waals surface area contributed by atoms with E-state index in [-0.39, 0.29) is 0 Å². The summed E-state index contributed by atoms with van der Waals surface area (Å²) in [6, 6.07) is 16.0. The second-order valence-corrected chi connectivity index (χ2v) is 10.3. The molecule has 0 atom stereocenters. The first-order valence-corrected chi connectivity index (χ1v) is 10.4. The van der Waals surface area contributed by atoms with Crippen molar-refractivity contribution in [1.82, 2.24) is 14.8 Å². The standard InChI is InChI=1S/C16H15Cl2N3Si/c1-22(12-21-11-19-10-20-21,15-8-4-2-6-13(15)17)16-9-5-3-7-14(16)18/h2-11H,12H2,1H3. The molecule has 0 unspecified atom stereocenters. The van der Waals surface area contributed by atoms with E-state index in [4.69, 9.17) is 23.2 Å². The zero-order valence-electron chi connectivity index (χ0n) is 12.1. The molecule has 0 aliphatic heterocycles. The summed E-state index contributed by atoms with van der Waals surface area (Å²) in [5, 5.41) is 8.12. The van der Waals surface area contributed by atoms with Crippen LogP contribution in [0.25, 0.3) is 0 Å². The molecule has 0 amide bonds. The molecule has 3 rings (SSSR count). The van der Waals surface area contributed by atoms with Gasteiger partial charge in [-0.15, -0.1) is 0 Å². The first kappa shape index (κ1) is 15.3. The van der Waals surface area contributed by atoms with Crippen LogP contribution in [-0.2, 0) is 6.17 Å². The van der Waals surface area contributed by atoms with E-state index in [1.807, 2.05) is 41.1 Å². The molecule has 22 heavy (non-hydrogen) atoms. The SMILES string of the molecule is C[Si](Cn1cncn1)(c1ccccc1Cl)c1ccccc1Cl. The van der Waals surface area contributed by atoms with Crippen LogP contribution in [-0.4, -0.2) is 22.8 Å². The fourth-order valence-electron chi connectivity index (χ4n) is 2.77. The van der Waals surface area contributed by atoms with E-state index < -0.39 is 8.07 Å². The highest BCUT2D eigenvalue weighted by molar-refractivity contribution is 7.02. The van der Waals surface area contributed by atoms with E-state index in [0.717, 1.165) is 26.6 Å². The molecule has 0 spiro atoms. The Hall–Kier alpha value is -1.62. The van der Waals surface area contributed by atoms with E-state index in [1.54, 1.807) is 12.7 Å². The summed E-state index contributed by atoms with van der Waals surface area (Å²) in [5.41, 5.74) is 0. The van der Waals surface area contributed by atoms with Crippen LogP contribution in [0.3, 0.4) is 0 Å². The Morgan fingerprint density at radius 3 is 1.95 bits per heavy atom. The second-order valence-electron chi connectivity index (χ2n) is 5.38. The second kappa shape index (κ2) is 6.24. The molecule has 0 bridgehead atoms. The molecule has 0 aliphatic rings. The van der Waals surface area contributed by atoms with Crippen molar-refractivity contribution < 1.29 is 0 Å². The van der Waals surface area contributed by atoms with Gasteiger partial charge in [-0.05, 0) is 22.5 Å². The molecule has 0 saturated carbocycles. The molecule has 1 heterocycles. The molecule has 0 aliphatic carbocycles. The molecular formula is C16H15Cl2N3Si. The van der Waals surface area contributed by atoms with E-state index in [2.05, 4.69) is 28.8 Å². The number of halogens is 2. The largest absolute Gasteiger partial charge is 0.255 e. The van der Waals surface area contributed by atoms with E-state index in [9.17, 15) is 0 Å². The third kappa shape index (κ3) is 2.82. The molecule has 0 fully saturated rings. The van der Waals surface area contributed by atoms with Crippen molar-refractivity contribution in [2.45, 2.75) is 12.7 Å². The maximum atomic E-state index is 6.50. The van der Waals surface area contributed by atoms with Crippen molar-refractivity contribution >= 4 is 41.6 Å². The predicted octanol–water partition coefficient (Wildman–Crippen LogP) is 3.02. The van der Waals surface area contributed by atoms with E-state index in [0.29, 0.717) is 0 Å². The number of nitrogens with zero attached hydrogens (tertiary/aromatic N) is 3. The molecular weight excluding hydrogens is 333 g/mol. The maximum Gasteiger partial charge on any atom is 0.141 e. The molecule has 0 radical (unpaired) electrons.